The van der Waals surface area contributed by atoms with Crippen molar-refractivity contribution in [2.24, 2.45) is 0 Å². The van der Waals surface area contributed by atoms with Crippen molar-refractivity contribution in [3.63, 3.8) is 0 Å². The molecule has 2 aromatic rings. The highest BCUT2D eigenvalue weighted by Crippen LogP contribution is 2.30. The van der Waals surface area contributed by atoms with Crippen LogP contribution in [0.15, 0.2) is 48.5 Å². The predicted octanol–water partition coefficient (Wildman–Crippen LogP) is 1.36. The predicted molar refractivity (Wildman–Crippen MR) is 105 cm³/mol. The molecular weight excluding hydrogens is 386 g/mol. The van der Waals surface area contributed by atoms with Crippen molar-refractivity contribution in [2.75, 3.05) is 7.05 Å². The van der Waals surface area contributed by atoms with Crippen molar-refractivity contribution >= 4 is 29.5 Å². The summed E-state index contributed by atoms with van der Waals surface area (Å²) in [4.78, 5) is 64.7. The van der Waals surface area contributed by atoms with E-state index in [1.807, 2.05) is 6.07 Å². The van der Waals surface area contributed by atoms with Gasteiger partial charge in [0, 0.05) is 25.6 Å². The third-order valence-electron chi connectivity index (χ3n) is 5.33. The Bertz CT molecular complexity index is 1080. The quantitative estimate of drug-likeness (QED) is 0.774. The number of nitrogens with zero attached hydrogens (tertiary/aromatic N) is 2. The minimum Gasteiger partial charge on any atom is -0.337 e. The summed E-state index contributed by atoms with van der Waals surface area (Å²) in [7, 11) is 1.62. The lowest BCUT2D eigenvalue weighted by atomic mass is 10.0. The van der Waals surface area contributed by atoms with Crippen LogP contribution in [0.25, 0.3) is 0 Å². The number of fused-ring (bicyclic) bond motifs is 1. The fraction of sp³-hybridized carbons (Fsp3) is 0.227. The monoisotopic (exact) mass is 405 g/mol. The highest BCUT2D eigenvalue weighted by Gasteiger charge is 2.45. The van der Waals surface area contributed by atoms with Gasteiger partial charge in [-0.05, 0) is 30.2 Å². The Morgan fingerprint density at radius 2 is 1.77 bits per heavy atom. The second-order valence-corrected chi connectivity index (χ2v) is 7.31. The fourth-order valence-electron chi connectivity index (χ4n) is 3.85. The van der Waals surface area contributed by atoms with Crippen LogP contribution in [0.4, 0.5) is 0 Å². The van der Waals surface area contributed by atoms with Crippen LogP contribution in [0.2, 0.25) is 0 Å². The summed E-state index contributed by atoms with van der Waals surface area (Å²) in [5, 5.41) is 2.18. The SMILES string of the molecule is CN(Cc1cccc2c1C(=O)N(C1CCC(=O)NC1=O)C2=O)C(=O)c1ccccc1. The highest BCUT2D eigenvalue weighted by atomic mass is 16.2. The molecule has 30 heavy (non-hydrogen) atoms. The summed E-state index contributed by atoms with van der Waals surface area (Å²) in [6.07, 6.45) is 0.156. The lowest BCUT2D eigenvalue weighted by molar-refractivity contribution is -0.136. The normalized spacial score (nSPS) is 18.3. The molecule has 0 aliphatic carbocycles. The zero-order chi connectivity index (χ0) is 21.4. The lowest BCUT2D eigenvalue weighted by Crippen LogP contribution is -2.54. The Morgan fingerprint density at radius 3 is 2.47 bits per heavy atom. The topological polar surface area (TPSA) is 104 Å². The molecule has 8 nitrogen and oxygen atoms in total. The Labute approximate surface area is 172 Å². The van der Waals surface area contributed by atoms with Crippen molar-refractivity contribution in [2.45, 2.75) is 25.4 Å². The maximum atomic E-state index is 13.1. The molecule has 1 unspecified atom stereocenters. The van der Waals surface area contributed by atoms with Crippen LogP contribution < -0.4 is 5.32 Å². The van der Waals surface area contributed by atoms with Gasteiger partial charge in [0.25, 0.3) is 17.7 Å². The standard InChI is InChI=1S/C22H19N3O5/c1-24(20(28)13-6-3-2-4-7-13)12-14-8-5-9-15-18(14)22(30)25(21(15)29)16-10-11-17(26)23-19(16)27/h2-9,16H,10-12H2,1H3,(H,23,26,27). The lowest BCUT2D eigenvalue weighted by Gasteiger charge is -2.28. The summed E-state index contributed by atoms with van der Waals surface area (Å²) in [6, 6.07) is 12.6. The van der Waals surface area contributed by atoms with E-state index in [2.05, 4.69) is 5.32 Å². The second kappa shape index (κ2) is 7.55. The van der Waals surface area contributed by atoms with Crippen LogP contribution in [-0.2, 0) is 16.1 Å². The first kappa shape index (κ1) is 19.5. The molecule has 2 aliphatic rings. The van der Waals surface area contributed by atoms with Crippen molar-refractivity contribution in [1.82, 2.24) is 15.1 Å². The van der Waals surface area contributed by atoms with Gasteiger partial charge < -0.3 is 4.90 Å². The maximum absolute atomic E-state index is 13.1. The largest absolute Gasteiger partial charge is 0.337 e. The Hall–Kier alpha value is -3.81. The number of rotatable bonds is 4. The first-order chi connectivity index (χ1) is 14.4. The van der Waals surface area contributed by atoms with Gasteiger partial charge in [-0.3, -0.25) is 34.2 Å². The van der Waals surface area contributed by atoms with Gasteiger partial charge in [0.2, 0.25) is 11.8 Å². The first-order valence-electron chi connectivity index (χ1n) is 9.52. The van der Waals surface area contributed by atoms with E-state index in [1.54, 1.807) is 43.4 Å². The Balaban J connectivity index is 1.61. The van der Waals surface area contributed by atoms with Crippen molar-refractivity contribution in [3.05, 3.63) is 70.8 Å². The number of nitrogens with one attached hydrogen (secondary N) is 1. The van der Waals surface area contributed by atoms with Crippen LogP contribution in [0.3, 0.4) is 0 Å². The molecule has 0 saturated carbocycles. The average Bonchev–Trinajstić information content (AvgIpc) is 2.99. The van der Waals surface area contributed by atoms with Gasteiger partial charge >= 0.3 is 0 Å². The molecule has 1 saturated heterocycles. The molecule has 2 aromatic carbocycles. The van der Waals surface area contributed by atoms with Crippen LogP contribution in [0.5, 0.6) is 0 Å². The molecule has 0 radical (unpaired) electrons. The van der Waals surface area contributed by atoms with Gasteiger partial charge in [0.15, 0.2) is 0 Å². The van der Waals surface area contributed by atoms with E-state index in [4.69, 9.17) is 0 Å². The maximum Gasteiger partial charge on any atom is 0.262 e. The third kappa shape index (κ3) is 3.26. The zero-order valence-corrected chi connectivity index (χ0v) is 16.3. The van der Waals surface area contributed by atoms with Gasteiger partial charge in [-0.1, -0.05) is 30.3 Å². The van der Waals surface area contributed by atoms with E-state index in [0.717, 1.165) is 4.90 Å². The third-order valence-corrected chi connectivity index (χ3v) is 5.33. The number of piperidine rings is 1. The van der Waals surface area contributed by atoms with E-state index in [1.165, 1.54) is 11.0 Å². The van der Waals surface area contributed by atoms with Crippen molar-refractivity contribution < 1.29 is 24.0 Å². The molecule has 2 heterocycles. The van der Waals surface area contributed by atoms with Crippen LogP contribution >= 0.6 is 0 Å². The highest BCUT2D eigenvalue weighted by molar-refractivity contribution is 6.24. The van der Waals surface area contributed by atoms with Crippen molar-refractivity contribution in [1.29, 1.82) is 0 Å². The molecule has 8 heteroatoms. The molecular formula is C22H19N3O5. The zero-order valence-electron chi connectivity index (χ0n) is 16.3. The molecule has 0 spiro atoms. The smallest absolute Gasteiger partial charge is 0.262 e. The summed E-state index contributed by atoms with van der Waals surface area (Å²) < 4.78 is 0. The van der Waals surface area contributed by atoms with E-state index in [-0.39, 0.29) is 36.4 Å². The molecule has 0 bridgehead atoms. The van der Waals surface area contributed by atoms with Gasteiger partial charge in [0.1, 0.15) is 6.04 Å². The molecule has 152 valence electrons. The average molecular weight is 405 g/mol. The van der Waals surface area contributed by atoms with Crippen LogP contribution in [-0.4, -0.2) is 52.4 Å². The summed E-state index contributed by atoms with van der Waals surface area (Å²) >= 11 is 0. The van der Waals surface area contributed by atoms with E-state index in [9.17, 15) is 24.0 Å². The molecule has 0 aromatic heterocycles. The number of carbonyl (C=O) groups is 5. The van der Waals surface area contributed by atoms with E-state index >= 15 is 0 Å². The number of amides is 5. The molecule has 4 rings (SSSR count). The molecule has 1 N–H and O–H groups in total. The van der Waals surface area contributed by atoms with Crippen LogP contribution in [0.1, 0.15) is 49.5 Å². The summed E-state index contributed by atoms with van der Waals surface area (Å²) in [5.41, 5.74) is 1.43. The van der Waals surface area contributed by atoms with Crippen molar-refractivity contribution in [3.8, 4) is 0 Å². The summed E-state index contributed by atoms with van der Waals surface area (Å²) in [5.74, 6) is -2.44. The second-order valence-electron chi connectivity index (χ2n) is 7.31. The van der Waals surface area contributed by atoms with Gasteiger partial charge in [0.05, 0.1) is 11.1 Å². The molecule has 2 aliphatic heterocycles. The minimum atomic E-state index is -1.02. The molecule has 5 amide bonds. The Morgan fingerprint density at radius 1 is 1.03 bits per heavy atom. The van der Waals surface area contributed by atoms with Crippen LogP contribution in [0, 0.1) is 0 Å². The Kier molecular flexibility index (Phi) is 4.91. The fourth-order valence-corrected chi connectivity index (χ4v) is 3.85. The number of hydrogen-bond acceptors (Lipinski definition) is 5. The number of benzene rings is 2. The van der Waals surface area contributed by atoms with E-state index < -0.39 is 29.7 Å². The number of hydrogen-bond donors (Lipinski definition) is 1. The number of carbonyl (C=O) groups excluding carboxylic acids is 5. The summed E-state index contributed by atoms with van der Waals surface area (Å²) in [6.45, 7) is 0.124. The molecule has 1 fully saturated rings. The first-order valence-corrected chi connectivity index (χ1v) is 9.52. The van der Waals surface area contributed by atoms with Gasteiger partial charge in [-0.2, -0.15) is 0 Å². The van der Waals surface area contributed by atoms with E-state index in [0.29, 0.717) is 11.1 Å². The number of imide groups is 2. The van der Waals surface area contributed by atoms with Gasteiger partial charge in [-0.25, -0.2) is 0 Å². The van der Waals surface area contributed by atoms with Gasteiger partial charge in [-0.15, -0.1) is 0 Å². The molecule has 1 atom stereocenters. The minimum absolute atomic E-state index is 0.0605.